The molecule has 0 saturated carbocycles. The predicted octanol–water partition coefficient (Wildman–Crippen LogP) is 2.03. The van der Waals surface area contributed by atoms with E-state index in [-0.39, 0.29) is 30.2 Å². The zero-order valence-corrected chi connectivity index (χ0v) is 17.9. The van der Waals surface area contributed by atoms with Gasteiger partial charge in [0, 0.05) is 44.2 Å². The maximum atomic E-state index is 13.6. The molecule has 2 aliphatic heterocycles. The first-order chi connectivity index (χ1) is 15.5. The third kappa shape index (κ3) is 4.38. The second-order valence-corrected chi connectivity index (χ2v) is 7.90. The topological polar surface area (TPSA) is 102 Å². The van der Waals surface area contributed by atoms with Crippen molar-refractivity contribution in [1.29, 1.82) is 0 Å². The fourth-order valence-electron chi connectivity index (χ4n) is 4.12. The summed E-state index contributed by atoms with van der Waals surface area (Å²) in [5.41, 5.74) is 3.61. The van der Waals surface area contributed by atoms with Crippen LogP contribution in [0.5, 0.6) is 5.75 Å². The molecule has 32 heavy (non-hydrogen) atoms. The van der Waals surface area contributed by atoms with E-state index in [0.717, 1.165) is 11.1 Å². The largest absolute Gasteiger partial charge is 0.491 e. The summed E-state index contributed by atoms with van der Waals surface area (Å²) in [5, 5.41) is 8.93. The average Bonchev–Trinajstić information content (AvgIpc) is 3.03. The number of amides is 4. The van der Waals surface area contributed by atoms with Crippen LogP contribution in [-0.2, 0) is 11.3 Å². The molecule has 2 aliphatic rings. The molecule has 2 N–H and O–H groups in total. The van der Waals surface area contributed by atoms with Gasteiger partial charge in [-0.25, -0.2) is 10.3 Å². The number of piperazine rings is 1. The van der Waals surface area contributed by atoms with Gasteiger partial charge in [-0.05, 0) is 17.7 Å². The van der Waals surface area contributed by atoms with Gasteiger partial charge in [0.05, 0.1) is 12.6 Å². The molecule has 4 amide bonds. The summed E-state index contributed by atoms with van der Waals surface area (Å²) in [4.78, 5) is 42.4. The predicted molar refractivity (Wildman–Crippen MR) is 115 cm³/mol. The molecular weight excluding hydrogens is 412 g/mol. The number of carbonyl (C=O) groups is 3. The number of nitrogens with one attached hydrogen (secondary N) is 1. The smallest absolute Gasteiger partial charge is 0.321 e. The Balaban J connectivity index is 1.63. The molecule has 1 fully saturated rings. The SMILES string of the molecule is CC(=O)N1CCN(C(=O)N2Cc3ccc(C(=O)NO)cc3OCC2c2ccccc2)CC1. The molecule has 0 radical (unpaired) electrons. The number of nitrogens with zero attached hydrogens (tertiary/aromatic N) is 3. The fourth-order valence-corrected chi connectivity index (χ4v) is 4.12. The monoisotopic (exact) mass is 438 g/mol. The Morgan fingerprint density at radius 2 is 1.69 bits per heavy atom. The van der Waals surface area contributed by atoms with Crippen LogP contribution in [0.3, 0.4) is 0 Å². The molecule has 2 aromatic carbocycles. The lowest BCUT2D eigenvalue weighted by Gasteiger charge is -2.39. The molecule has 0 aliphatic carbocycles. The van der Waals surface area contributed by atoms with Crippen LogP contribution >= 0.6 is 0 Å². The minimum Gasteiger partial charge on any atom is -0.491 e. The van der Waals surface area contributed by atoms with Crippen LogP contribution in [0.2, 0.25) is 0 Å². The summed E-state index contributed by atoms with van der Waals surface area (Å²) in [6, 6.07) is 14.1. The highest BCUT2D eigenvalue weighted by molar-refractivity contribution is 5.93. The lowest BCUT2D eigenvalue weighted by molar-refractivity contribution is -0.130. The molecule has 9 nitrogen and oxygen atoms in total. The molecule has 0 bridgehead atoms. The highest BCUT2D eigenvalue weighted by Gasteiger charge is 2.34. The maximum Gasteiger partial charge on any atom is 0.321 e. The number of fused-ring (bicyclic) bond motifs is 1. The number of urea groups is 1. The van der Waals surface area contributed by atoms with E-state index in [0.29, 0.717) is 38.5 Å². The lowest BCUT2D eigenvalue weighted by Crippen LogP contribution is -2.54. The van der Waals surface area contributed by atoms with E-state index in [1.54, 1.807) is 38.4 Å². The van der Waals surface area contributed by atoms with E-state index in [2.05, 4.69) is 0 Å². The number of carbonyl (C=O) groups excluding carboxylic acids is 3. The molecule has 1 atom stereocenters. The first-order valence-corrected chi connectivity index (χ1v) is 10.5. The van der Waals surface area contributed by atoms with Crippen molar-refractivity contribution in [3.05, 3.63) is 65.2 Å². The van der Waals surface area contributed by atoms with Crippen LogP contribution in [0, 0.1) is 0 Å². The molecule has 0 aromatic heterocycles. The molecule has 2 aromatic rings. The van der Waals surface area contributed by atoms with Crippen molar-refractivity contribution in [2.24, 2.45) is 0 Å². The Morgan fingerprint density at radius 1 is 1.00 bits per heavy atom. The van der Waals surface area contributed by atoms with E-state index in [1.807, 2.05) is 30.3 Å². The average molecular weight is 438 g/mol. The van der Waals surface area contributed by atoms with Crippen LogP contribution in [0.4, 0.5) is 4.79 Å². The number of rotatable bonds is 2. The zero-order valence-electron chi connectivity index (χ0n) is 17.9. The lowest BCUT2D eigenvalue weighted by atomic mass is 10.1. The van der Waals surface area contributed by atoms with Gasteiger partial charge in [-0.15, -0.1) is 0 Å². The van der Waals surface area contributed by atoms with Crippen LogP contribution in [-0.4, -0.2) is 70.5 Å². The second kappa shape index (κ2) is 9.27. The molecule has 2 heterocycles. The Kier molecular flexibility index (Phi) is 6.27. The van der Waals surface area contributed by atoms with Crippen molar-refractivity contribution in [3.63, 3.8) is 0 Å². The van der Waals surface area contributed by atoms with Crippen LogP contribution in [0.25, 0.3) is 0 Å². The Hall–Kier alpha value is -3.59. The molecule has 9 heteroatoms. The van der Waals surface area contributed by atoms with Gasteiger partial charge in [-0.3, -0.25) is 14.8 Å². The van der Waals surface area contributed by atoms with E-state index >= 15 is 0 Å². The molecule has 1 saturated heterocycles. The normalized spacial score (nSPS) is 18.3. The fraction of sp³-hybridized carbons (Fsp3) is 0.348. The molecule has 4 rings (SSSR count). The third-order valence-electron chi connectivity index (χ3n) is 5.97. The van der Waals surface area contributed by atoms with Crippen LogP contribution in [0.15, 0.2) is 48.5 Å². The summed E-state index contributed by atoms with van der Waals surface area (Å²) in [7, 11) is 0. The van der Waals surface area contributed by atoms with Crippen molar-refractivity contribution in [1.82, 2.24) is 20.2 Å². The summed E-state index contributed by atoms with van der Waals surface area (Å²) < 4.78 is 6.04. The first-order valence-electron chi connectivity index (χ1n) is 10.5. The van der Waals surface area contributed by atoms with Crippen molar-refractivity contribution < 1.29 is 24.3 Å². The van der Waals surface area contributed by atoms with Gasteiger partial charge in [0.15, 0.2) is 0 Å². The second-order valence-electron chi connectivity index (χ2n) is 7.90. The number of hydrogen-bond acceptors (Lipinski definition) is 5. The number of ether oxygens (including phenoxy) is 1. The third-order valence-corrected chi connectivity index (χ3v) is 5.97. The number of benzene rings is 2. The summed E-state index contributed by atoms with van der Waals surface area (Å²) in [5.74, 6) is -0.112. The van der Waals surface area contributed by atoms with Gasteiger partial charge in [0.25, 0.3) is 5.91 Å². The quantitative estimate of drug-likeness (QED) is 0.552. The number of hydrogen-bond donors (Lipinski definition) is 2. The summed E-state index contributed by atoms with van der Waals surface area (Å²) >= 11 is 0. The van der Waals surface area contributed by atoms with E-state index in [4.69, 9.17) is 9.94 Å². The molecular formula is C23H26N4O5. The Bertz CT molecular complexity index is 1000. The maximum absolute atomic E-state index is 13.6. The standard InChI is InChI=1S/C23H26N4O5/c1-16(28)25-9-11-26(12-10-25)23(30)27-14-19-8-7-18(22(29)24-31)13-21(19)32-15-20(27)17-5-3-2-4-6-17/h2-8,13,20,31H,9-12,14-15H2,1H3,(H,24,29). The van der Waals surface area contributed by atoms with Gasteiger partial charge in [0.2, 0.25) is 5.91 Å². The van der Waals surface area contributed by atoms with Gasteiger partial charge in [-0.2, -0.15) is 0 Å². The first kappa shape index (κ1) is 21.6. The van der Waals surface area contributed by atoms with Gasteiger partial charge < -0.3 is 19.4 Å². The van der Waals surface area contributed by atoms with Crippen molar-refractivity contribution in [3.8, 4) is 5.75 Å². The highest BCUT2D eigenvalue weighted by Crippen LogP contribution is 2.33. The van der Waals surface area contributed by atoms with Gasteiger partial charge >= 0.3 is 6.03 Å². The highest BCUT2D eigenvalue weighted by atomic mass is 16.5. The van der Waals surface area contributed by atoms with E-state index in [9.17, 15) is 14.4 Å². The van der Waals surface area contributed by atoms with Gasteiger partial charge in [0.1, 0.15) is 12.4 Å². The Labute approximate surface area is 186 Å². The minimum absolute atomic E-state index is 0.0130. The number of hydroxylamine groups is 1. The van der Waals surface area contributed by atoms with Crippen LogP contribution < -0.4 is 10.2 Å². The summed E-state index contributed by atoms with van der Waals surface area (Å²) in [6.45, 7) is 4.04. The minimum atomic E-state index is -0.628. The summed E-state index contributed by atoms with van der Waals surface area (Å²) in [6.07, 6.45) is 0. The molecule has 0 spiro atoms. The molecule has 168 valence electrons. The van der Waals surface area contributed by atoms with Crippen molar-refractivity contribution in [2.45, 2.75) is 19.5 Å². The van der Waals surface area contributed by atoms with Crippen LogP contribution in [0.1, 0.15) is 34.5 Å². The van der Waals surface area contributed by atoms with Crippen molar-refractivity contribution in [2.75, 3.05) is 32.8 Å². The van der Waals surface area contributed by atoms with Crippen molar-refractivity contribution >= 4 is 17.8 Å². The zero-order chi connectivity index (χ0) is 22.7. The van der Waals surface area contributed by atoms with E-state index in [1.165, 1.54) is 6.92 Å². The van der Waals surface area contributed by atoms with Gasteiger partial charge in [-0.1, -0.05) is 36.4 Å². The molecule has 1 unspecified atom stereocenters. The van der Waals surface area contributed by atoms with E-state index < -0.39 is 5.91 Å². The Morgan fingerprint density at radius 3 is 2.34 bits per heavy atom.